The Morgan fingerprint density at radius 1 is 1.22 bits per heavy atom. The number of nitrogens with two attached hydrogens (primary N) is 1. The largest absolute Gasteiger partial charge is 0.457 e. The molecule has 92 valence electrons. The molecule has 0 fully saturated rings. The quantitative estimate of drug-likeness (QED) is 0.899. The van der Waals surface area contributed by atoms with Crippen LogP contribution >= 0.6 is 0 Å². The molecule has 1 amide bonds. The Labute approximate surface area is 105 Å². The lowest BCUT2D eigenvalue weighted by Crippen LogP contribution is -2.12. The summed E-state index contributed by atoms with van der Waals surface area (Å²) in [5.74, 6) is 0.741. The summed E-state index contributed by atoms with van der Waals surface area (Å²) in [4.78, 5) is 14.9. The highest BCUT2D eigenvalue weighted by Gasteiger charge is 2.06. The number of carbonyl (C=O) groups excluding carboxylic acids is 1. The molecule has 2 N–H and O–H groups in total. The van der Waals surface area contributed by atoms with E-state index in [1.165, 1.54) is 12.3 Å². The highest BCUT2D eigenvalue weighted by Crippen LogP contribution is 2.25. The van der Waals surface area contributed by atoms with Gasteiger partial charge in [-0.05, 0) is 37.1 Å². The Kier molecular flexibility index (Phi) is 3.28. The molecule has 0 spiro atoms. The van der Waals surface area contributed by atoms with Gasteiger partial charge in [0.1, 0.15) is 17.2 Å². The minimum atomic E-state index is -0.568. The summed E-state index contributed by atoms with van der Waals surface area (Å²) in [6, 6.07) is 9.17. The number of rotatable bonds is 3. The van der Waals surface area contributed by atoms with Crippen molar-refractivity contribution in [3.05, 3.63) is 53.3 Å². The van der Waals surface area contributed by atoms with Crippen molar-refractivity contribution < 1.29 is 9.53 Å². The summed E-state index contributed by atoms with van der Waals surface area (Å²) in [6.07, 6.45) is 1.50. The van der Waals surface area contributed by atoms with Crippen LogP contribution in [-0.2, 0) is 0 Å². The summed E-state index contributed by atoms with van der Waals surface area (Å²) in [5.41, 5.74) is 7.50. The smallest absolute Gasteiger partial charge is 0.267 e. The number of ether oxygens (including phenoxy) is 1. The van der Waals surface area contributed by atoms with Gasteiger partial charge >= 0.3 is 0 Å². The SMILES string of the molecule is Cc1ccc(C)c(Oc2ccnc(C(N)=O)c2)c1. The summed E-state index contributed by atoms with van der Waals surface area (Å²) in [5, 5.41) is 0. The molecule has 1 heterocycles. The number of carbonyl (C=O) groups is 1. The number of amides is 1. The van der Waals surface area contributed by atoms with Crippen molar-refractivity contribution in [2.75, 3.05) is 0 Å². The van der Waals surface area contributed by atoms with E-state index in [0.717, 1.165) is 16.9 Å². The molecule has 0 aliphatic carbocycles. The zero-order valence-corrected chi connectivity index (χ0v) is 10.3. The zero-order valence-electron chi connectivity index (χ0n) is 10.3. The lowest BCUT2D eigenvalue weighted by molar-refractivity contribution is 0.0995. The highest BCUT2D eigenvalue weighted by atomic mass is 16.5. The zero-order chi connectivity index (χ0) is 13.1. The highest BCUT2D eigenvalue weighted by molar-refractivity contribution is 5.91. The average molecular weight is 242 g/mol. The first-order valence-electron chi connectivity index (χ1n) is 5.57. The minimum Gasteiger partial charge on any atom is -0.457 e. The van der Waals surface area contributed by atoms with Crippen LogP contribution in [0.15, 0.2) is 36.5 Å². The van der Waals surface area contributed by atoms with Crippen LogP contribution in [0.25, 0.3) is 0 Å². The third-order valence-corrected chi connectivity index (χ3v) is 2.56. The van der Waals surface area contributed by atoms with E-state index in [2.05, 4.69) is 4.98 Å². The van der Waals surface area contributed by atoms with Crippen molar-refractivity contribution in [1.29, 1.82) is 0 Å². The lowest BCUT2D eigenvalue weighted by atomic mass is 10.1. The lowest BCUT2D eigenvalue weighted by Gasteiger charge is -2.09. The molecule has 0 aliphatic rings. The predicted octanol–water partition coefficient (Wildman–Crippen LogP) is 2.59. The Balaban J connectivity index is 2.31. The van der Waals surface area contributed by atoms with Crippen LogP contribution in [0, 0.1) is 13.8 Å². The molecular weight excluding hydrogens is 228 g/mol. The summed E-state index contributed by atoms with van der Waals surface area (Å²) < 4.78 is 5.73. The Morgan fingerprint density at radius 2 is 2.00 bits per heavy atom. The molecule has 0 unspecified atom stereocenters. The molecule has 1 aromatic carbocycles. The molecule has 0 saturated carbocycles. The fraction of sp³-hybridized carbons (Fsp3) is 0.143. The molecule has 0 aliphatic heterocycles. The van der Waals surface area contributed by atoms with E-state index in [-0.39, 0.29) is 5.69 Å². The standard InChI is InChI=1S/C14H14N2O2/c1-9-3-4-10(2)13(7-9)18-11-5-6-16-12(8-11)14(15)17/h3-8H,1-2H3,(H2,15,17). The molecule has 4 nitrogen and oxygen atoms in total. The molecule has 2 rings (SSSR count). The maximum Gasteiger partial charge on any atom is 0.267 e. The molecule has 0 saturated heterocycles. The van der Waals surface area contributed by atoms with Crippen LogP contribution in [0.1, 0.15) is 21.6 Å². The van der Waals surface area contributed by atoms with Crippen LogP contribution in [0.2, 0.25) is 0 Å². The molecule has 0 atom stereocenters. The van der Waals surface area contributed by atoms with E-state index in [0.29, 0.717) is 5.75 Å². The number of benzene rings is 1. The number of aryl methyl sites for hydroxylation is 2. The van der Waals surface area contributed by atoms with Crippen LogP contribution in [-0.4, -0.2) is 10.9 Å². The van der Waals surface area contributed by atoms with Crippen LogP contribution in [0.5, 0.6) is 11.5 Å². The molecule has 1 aromatic heterocycles. The Hall–Kier alpha value is -2.36. The van der Waals surface area contributed by atoms with Gasteiger partial charge in [-0.25, -0.2) is 0 Å². The van der Waals surface area contributed by atoms with E-state index < -0.39 is 5.91 Å². The molecular formula is C14H14N2O2. The van der Waals surface area contributed by atoms with Crippen molar-refractivity contribution in [2.24, 2.45) is 5.73 Å². The normalized spacial score (nSPS) is 10.1. The van der Waals surface area contributed by atoms with Gasteiger partial charge in [0.15, 0.2) is 0 Å². The van der Waals surface area contributed by atoms with Crippen molar-refractivity contribution in [2.45, 2.75) is 13.8 Å². The van der Waals surface area contributed by atoms with Gasteiger partial charge in [0, 0.05) is 12.3 Å². The van der Waals surface area contributed by atoms with Gasteiger partial charge in [0.2, 0.25) is 0 Å². The topological polar surface area (TPSA) is 65.2 Å². The Bertz CT molecular complexity index is 594. The molecule has 2 aromatic rings. The molecule has 4 heteroatoms. The van der Waals surface area contributed by atoms with Gasteiger partial charge in [-0.2, -0.15) is 0 Å². The van der Waals surface area contributed by atoms with Gasteiger partial charge in [0.05, 0.1) is 0 Å². The average Bonchev–Trinajstić information content (AvgIpc) is 2.34. The van der Waals surface area contributed by atoms with Crippen molar-refractivity contribution in [3.8, 4) is 11.5 Å². The number of hydrogen-bond acceptors (Lipinski definition) is 3. The van der Waals surface area contributed by atoms with Gasteiger partial charge < -0.3 is 10.5 Å². The third kappa shape index (κ3) is 2.66. The first kappa shape index (κ1) is 12.1. The Morgan fingerprint density at radius 3 is 2.72 bits per heavy atom. The summed E-state index contributed by atoms with van der Waals surface area (Å²) in [7, 11) is 0. The van der Waals surface area contributed by atoms with Gasteiger partial charge in [-0.15, -0.1) is 0 Å². The minimum absolute atomic E-state index is 0.192. The summed E-state index contributed by atoms with van der Waals surface area (Å²) >= 11 is 0. The van der Waals surface area contributed by atoms with E-state index in [1.807, 2.05) is 32.0 Å². The summed E-state index contributed by atoms with van der Waals surface area (Å²) in [6.45, 7) is 3.96. The number of aromatic nitrogens is 1. The second kappa shape index (κ2) is 4.87. The first-order chi connectivity index (χ1) is 8.56. The van der Waals surface area contributed by atoms with E-state index >= 15 is 0 Å². The fourth-order valence-electron chi connectivity index (χ4n) is 1.55. The molecule has 0 radical (unpaired) electrons. The monoisotopic (exact) mass is 242 g/mol. The van der Waals surface area contributed by atoms with Gasteiger partial charge in [-0.1, -0.05) is 12.1 Å². The first-order valence-corrected chi connectivity index (χ1v) is 5.57. The van der Waals surface area contributed by atoms with Crippen molar-refractivity contribution in [1.82, 2.24) is 4.98 Å². The van der Waals surface area contributed by atoms with Crippen molar-refractivity contribution >= 4 is 5.91 Å². The van der Waals surface area contributed by atoms with Crippen LogP contribution in [0.4, 0.5) is 0 Å². The maximum absolute atomic E-state index is 11.0. The molecule has 18 heavy (non-hydrogen) atoms. The molecule has 0 bridgehead atoms. The second-order valence-electron chi connectivity index (χ2n) is 4.11. The van der Waals surface area contributed by atoms with Gasteiger partial charge in [0.25, 0.3) is 5.91 Å². The van der Waals surface area contributed by atoms with Crippen LogP contribution < -0.4 is 10.5 Å². The fourth-order valence-corrected chi connectivity index (χ4v) is 1.55. The number of pyridine rings is 1. The third-order valence-electron chi connectivity index (χ3n) is 2.56. The van der Waals surface area contributed by atoms with E-state index in [1.54, 1.807) is 6.07 Å². The number of primary amides is 1. The van der Waals surface area contributed by atoms with E-state index in [4.69, 9.17) is 10.5 Å². The number of nitrogens with zero attached hydrogens (tertiary/aromatic N) is 1. The van der Waals surface area contributed by atoms with Gasteiger partial charge in [-0.3, -0.25) is 9.78 Å². The van der Waals surface area contributed by atoms with E-state index in [9.17, 15) is 4.79 Å². The van der Waals surface area contributed by atoms with Crippen LogP contribution in [0.3, 0.4) is 0 Å². The maximum atomic E-state index is 11.0. The number of hydrogen-bond donors (Lipinski definition) is 1. The predicted molar refractivity (Wildman–Crippen MR) is 68.7 cm³/mol. The second-order valence-corrected chi connectivity index (χ2v) is 4.11. The van der Waals surface area contributed by atoms with Crippen molar-refractivity contribution in [3.63, 3.8) is 0 Å².